The first kappa shape index (κ1) is 11.0. The summed E-state index contributed by atoms with van der Waals surface area (Å²) in [6.45, 7) is 0.853. The van der Waals surface area contributed by atoms with Gasteiger partial charge < -0.3 is 9.88 Å². The molecule has 1 amide bonds. The van der Waals surface area contributed by atoms with Gasteiger partial charge in [-0.3, -0.25) is 9.59 Å². The Morgan fingerprint density at radius 3 is 3.06 bits per heavy atom. The fraction of sp³-hybridized carbons (Fsp3) is 0.308. The fourth-order valence-electron chi connectivity index (χ4n) is 2.32. The van der Waals surface area contributed by atoms with Gasteiger partial charge in [-0.25, -0.2) is 4.98 Å². The number of likely N-dealkylation sites (tertiary alicyclic amines) is 1. The summed E-state index contributed by atoms with van der Waals surface area (Å²) in [6, 6.07) is 3.90. The lowest BCUT2D eigenvalue weighted by molar-refractivity contribution is -0.127. The number of aromatic amines is 1. The van der Waals surface area contributed by atoms with Crippen molar-refractivity contribution in [2.24, 2.45) is 0 Å². The number of ketones is 1. The Morgan fingerprint density at radius 1 is 1.39 bits per heavy atom. The number of amides is 1. The average molecular weight is 243 g/mol. The third-order valence-electron chi connectivity index (χ3n) is 3.26. The zero-order valence-electron chi connectivity index (χ0n) is 9.85. The van der Waals surface area contributed by atoms with Gasteiger partial charge in [0.1, 0.15) is 5.65 Å². The lowest BCUT2D eigenvalue weighted by Gasteiger charge is -2.13. The largest absolute Gasteiger partial charge is 0.346 e. The van der Waals surface area contributed by atoms with Gasteiger partial charge in [-0.15, -0.1) is 0 Å². The van der Waals surface area contributed by atoms with Crippen molar-refractivity contribution < 1.29 is 9.59 Å². The maximum Gasteiger partial charge on any atom is 0.230 e. The van der Waals surface area contributed by atoms with E-state index >= 15 is 0 Å². The molecule has 1 saturated heterocycles. The minimum Gasteiger partial charge on any atom is -0.346 e. The van der Waals surface area contributed by atoms with E-state index in [2.05, 4.69) is 9.97 Å². The number of rotatable bonds is 3. The standard InChI is InChI=1S/C13H13N3O2/c17-10-6-12(18)16(8-10)5-3-9-7-15-13-11(9)2-1-4-14-13/h1-2,4,7H,3,5-6,8H2,(H,14,15). The van der Waals surface area contributed by atoms with Gasteiger partial charge in [0.15, 0.2) is 5.78 Å². The SMILES string of the molecule is O=C1CC(=O)N(CCc2c[nH]c3ncccc23)C1. The lowest BCUT2D eigenvalue weighted by atomic mass is 10.1. The number of hydrogen-bond acceptors (Lipinski definition) is 3. The van der Waals surface area contributed by atoms with Crippen molar-refractivity contribution in [2.45, 2.75) is 12.8 Å². The normalized spacial score (nSPS) is 15.9. The third-order valence-corrected chi connectivity index (χ3v) is 3.26. The zero-order valence-corrected chi connectivity index (χ0v) is 9.85. The molecule has 92 valence electrons. The maximum absolute atomic E-state index is 11.5. The fourth-order valence-corrected chi connectivity index (χ4v) is 2.32. The number of nitrogens with zero attached hydrogens (tertiary/aromatic N) is 2. The molecule has 0 unspecified atom stereocenters. The van der Waals surface area contributed by atoms with Gasteiger partial charge in [0, 0.05) is 24.3 Å². The predicted octanol–water partition coefficient (Wildman–Crippen LogP) is 0.907. The third kappa shape index (κ3) is 1.88. The number of carbonyl (C=O) groups excluding carboxylic acids is 2. The van der Waals surface area contributed by atoms with Gasteiger partial charge in [-0.2, -0.15) is 0 Å². The van der Waals surface area contributed by atoms with Crippen molar-refractivity contribution in [2.75, 3.05) is 13.1 Å². The van der Waals surface area contributed by atoms with Crippen molar-refractivity contribution in [3.63, 3.8) is 0 Å². The topological polar surface area (TPSA) is 66.1 Å². The Kier molecular flexibility index (Phi) is 2.59. The molecule has 5 heteroatoms. The minimum absolute atomic E-state index is 0.0144. The molecule has 2 aromatic rings. The number of pyridine rings is 1. The lowest BCUT2D eigenvalue weighted by Crippen LogP contribution is -2.27. The van der Waals surface area contributed by atoms with Crippen LogP contribution in [0, 0.1) is 0 Å². The van der Waals surface area contributed by atoms with Crippen LogP contribution in [0.2, 0.25) is 0 Å². The Morgan fingerprint density at radius 2 is 2.28 bits per heavy atom. The van der Waals surface area contributed by atoms with Crippen LogP contribution in [0.3, 0.4) is 0 Å². The molecule has 0 radical (unpaired) electrons. The van der Waals surface area contributed by atoms with Crippen LogP contribution in [0.25, 0.3) is 11.0 Å². The Balaban J connectivity index is 1.74. The molecule has 0 bridgehead atoms. The summed E-state index contributed by atoms with van der Waals surface area (Å²) in [5.41, 5.74) is 1.99. The highest BCUT2D eigenvalue weighted by Gasteiger charge is 2.26. The molecule has 1 aliphatic rings. The number of nitrogens with one attached hydrogen (secondary N) is 1. The van der Waals surface area contributed by atoms with Gasteiger partial charge in [0.25, 0.3) is 0 Å². The molecule has 0 aromatic carbocycles. The van der Waals surface area contributed by atoms with Crippen molar-refractivity contribution in [3.8, 4) is 0 Å². The van der Waals surface area contributed by atoms with E-state index in [1.165, 1.54) is 0 Å². The van der Waals surface area contributed by atoms with E-state index < -0.39 is 0 Å². The molecular weight excluding hydrogens is 230 g/mol. The minimum atomic E-state index is -0.0574. The summed E-state index contributed by atoms with van der Waals surface area (Å²) in [5, 5.41) is 1.08. The van der Waals surface area contributed by atoms with Crippen LogP contribution in [0.4, 0.5) is 0 Å². The number of Topliss-reactive ketones (excluding diaryl/α,β-unsaturated/α-hetero) is 1. The van der Waals surface area contributed by atoms with Gasteiger partial charge in [0.05, 0.1) is 13.0 Å². The van der Waals surface area contributed by atoms with Crippen molar-refractivity contribution >= 4 is 22.7 Å². The summed E-state index contributed by atoms with van der Waals surface area (Å²) in [7, 11) is 0. The van der Waals surface area contributed by atoms with E-state index in [0.29, 0.717) is 6.54 Å². The molecule has 2 aromatic heterocycles. The second-order valence-corrected chi connectivity index (χ2v) is 4.49. The molecule has 1 aliphatic heterocycles. The van der Waals surface area contributed by atoms with Crippen LogP contribution in [0.15, 0.2) is 24.5 Å². The van der Waals surface area contributed by atoms with E-state index in [0.717, 1.165) is 23.0 Å². The number of H-pyrrole nitrogens is 1. The molecule has 0 spiro atoms. The van der Waals surface area contributed by atoms with Crippen LogP contribution >= 0.6 is 0 Å². The van der Waals surface area contributed by atoms with Crippen LogP contribution in [0.5, 0.6) is 0 Å². The number of fused-ring (bicyclic) bond motifs is 1. The van der Waals surface area contributed by atoms with Gasteiger partial charge in [0.2, 0.25) is 5.91 Å². The smallest absolute Gasteiger partial charge is 0.230 e. The second kappa shape index (κ2) is 4.25. The van der Waals surface area contributed by atoms with Gasteiger partial charge >= 0.3 is 0 Å². The van der Waals surface area contributed by atoms with Crippen molar-refractivity contribution in [1.29, 1.82) is 0 Å². The summed E-state index contributed by atoms with van der Waals surface area (Å²) in [6.07, 6.45) is 4.46. The molecule has 0 atom stereocenters. The highest BCUT2D eigenvalue weighted by atomic mass is 16.2. The first-order chi connectivity index (χ1) is 8.74. The monoisotopic (exact) mass is 243 g/mol. The summed E-state index contributed by atoms with van der Waals surface area (Å²) >= 11 is 0. The molecule has 3 heterocycles. The molecular formula is C13H13N3O2. The summed E-state index contributed by atoms with van der Waals surface area (Å²) < 4.78 is 0. The van der Waals surface area contributed by atoms with Crippen molar-refractivity contribution in [1.82, 2.24) is 14.9 Å². The van der Waals surface area contributed by atoms with Crippen LogP contribution in [0.1, 0.15) is 12.0 Å². The van der Waals surface area contributed by atoms with E-state index in [-0.39, 0.29) is 24.7 Å². The van der Waals surface area contributed by atoms with Gasteiger partial charge in [-0.1, -0.05) is 0 Å². The number of aromatic nitrogens is 2. The summed E-state index contributed by atoms with van der Waals surface area (Å²) in [5.74, 6) is -0.0430. The average Bonchev–Trinajstić information content (AvgIpc) is 2.90. The number of hydrogen-bond donors (Lipinski definition) is 1. The van der Waals surface area contributed by atoms with E-state index in [4.69, 9.17) is 0 Å². The van der Waals surface area contributed by atoms with E-state index in [9.17, 15) is 9.59 Å². The van der Waals surface area contributed by atoms with Crippen LogP contribution < -0.4 is 0 Å². The number of carbonyl (C=O) groups is 2. The predicted molar refractivity (Wildman–Crippen MR) is 66.0 cm³/mol. The molecule has 0 saturated carbocycles. The van der Waals surface area contributed by atoms with E-state index in [1.807, 2.05) is 18.3 Å². The molecule has 3 rings (SSSR count). The summed E-state index contributed by atoms with van der Waals surface area (Å²) in [4.78, 5) is 31.6. The van der Waals surface area contributed by atoms with E-state index in [1.54, 1.807) is 11.1 Å². The first-order valence-electron chi connectivity index (χ1n) is 5.94. The zero-order chi connectivity index (χ0) is 12.5. The van der Waals surface area contributed by atoms with Crippen molar-refractivity contribution in [3.05, 3.63) is 30.1 Å². The van der Waals surface area contributed by atoms with Crippen LogP contribution in [-0.2, 0) is 16.0 Å². The Bertz CT molecular complexity index is 617. The molecule has 18 heavy (non-hydrogen) atoms. The quantitative estimate of drug-likeness (QED) is 0.815. The van der Waals surface area contributed by atoms with Crippen LogP contribution in [-0.4, -0.2) is 39.6 Å². The highest BCUT2D eigenvalue weighted by Crippen LogP contribution is 2.17. The highest BCUT2D eigenvalue weighted by molar-refractivity contribution is 6.05. The maximum atomic E-state index is 11.5. The Labute approximate surface area is 104 Å². The molecule has 0 aliphatic carbocycles. The first-order valence-corrected chi connectivity index (χ1v) is 5.94. The molecule has 1 N–H and O–H groups in total. The Hall–Kier alpha value is -2.17. The van der Waals surface area contributed by atoms with Gasteiger partial charge in [-0.05, 0) is 24.1 Å². The molecule has 5 nitrogen and oxygen atoms in total. The second-order valence-electron chi connectivity index (χ2n) is 4.49. The molecule has 1 fully saturated rings.